The van der Waals surface area contributed by atoms with Gasteiger partial charge in [0.15, 0.2) is 0 Å². The average molecular weight is 328 g/mol. The standard InChI is InChI=1S/C14H17FN2O2S2/c1-10-4-3-5-12(15)14(10)17-21(18,19)13-7-6-11(20-13)8-9-16-2/h3-7,16-17H,8-9H2,1-2H3. The summed E-state index contributed by atoms with van der Waals surface area (Å²) < 4.78 is 40.9. The minimum absolute atomic E-state index is 0.00248. The van der Waals surface area contributed by atoms with E-state index in [1.807, 2.05) is 7.05 Å². The zero-order chi connectivity index (χ0) is 15.5. The summed E-state index contributed by atoms with van der Waals surface area (Å²) in [6, 6.07) is 7.77. The molecule has 0 saturated carbocycles. The van der Waals surface area contributed by atoms with Crippen LogP contribution < -0.4 is 10.0 Å². The van der Waals surface area contributed by atoms with Crippen LogP contribution in [0, 0.1) is 12.7 Å². The molecule has 21 heavy (non-hydrogen) atoms. The van der Waals surface area contributed by atoms with Crippen LogP contribution in [0.1, 0.15) is 10.4 Å². The van der Waals surface area contributed by atoms with Crippen molar-refractivity contribution in [3.63, 3.8) is 0 Å². The summed E-state index contributed by atoms with van der Waals surface area (Å²) in [5.41, 5.74) is 0.549. The Kier molecular flexibility index (Phi) is 4.97. The van der Waals surface area contributed by atoms with Gasteiger partial charge in [0.25, 0.3) is 10.0 Å². The summed E-state index contributed by atoms with van der Waals surface area (Å²) in [5.74, 6) is -0.578. The number of anilines is 1. The third kappa shape index (κ3) is 3.81. The smallest absolute Gasteiger partial charge is 0.271 e. The van der Waals surface area contributed by atoms with Gasteiger partial charge in [-0.1, -0.05) is 12.1 Å². The molecule has 2 aromatic rings. The fourth-order valence-electron chi connectivity index (χ4n) is 1.83. The maximum absolute atomic E-state index is 13.7. The summed E-state index contributed by atoms with van der Waals surface area (Å²) in [4.78, 5) is 0.968. The molecule has 0 atom stereocenters. The van der Waals surface area contributed by atoms with E-state index in [0.29, 0.717) is 5.56 Å². The molecule has 0 spiro atoms. The van der Waals surface area contributed by atoms with E-state index in [1.165, 1.54) is 17.4 Å². The van der Waals surface area contributed by atoms with E-state index in [9.17, 15) is 12.8 Å². The molecular formula is C14H17FN2O2S2. The molecule has 0 bridgehead atoms. The molecule has 2 rings (SSSR count). The molecule has 0 unspecified atom stereocenters. The van der Waals surface area contributed by atoms with Crippen LogP contribution in [0.4, 0.5) is 10.1 Å². The maximum atomic E-state index is 13.7. The third-order valence-corrected chi connectivity index (χ3v) is 5.97. The van der Waals surface area contributed by atoms with Crippen molar-refractivity contribution in [3.05, 3.63) is 46.6 Å². The van der Waals surface area contributed by atoms with E-state index in [-0.39, 0.29) is 9.90 Å². The van der Waals surface area contributed by atoms with Gasteiger partial charge in [-0.2, -0.15) is 0 Å². The topological polar surface area (TPSA) is 58.2 Å². The number of likely N-dealkylation sites (N-methyl/N-ethyl adjacent to an activating group) is 1. The lowest BCUT2D eigenvalue weighted by Gasteiger charge is -2.10. The lowest BCUT2D eigenvalue weighted by Crippen LogP contribution is -2.13. The molecule has 0 amide bonds. The number of rotatable bonds is 6. The molecule has 7 heteroatoms. The molecule has 0 aliphatic carbocycles. The summed E-state index contributed by atoms with van der Waals surface area (Å²) in [6.07, 6.45) is 0.759. The Morgan fingerprint density at radius 1 is 1.24 bits per heavy atom. The zero-order valence-corrected chi connectivity index (χ0v) is 13.4. The van der Waals surface area contributed by atoms with E-state index < -0.39 is 15.8 Å². The maximum Gasteiger partial charge on any atom is 0.271 e. The summed E-state index contributed by atoms with van der Waals surface area (Å²) in [7, 11) is -1.91. The van der Waals surface area contributed by atoms with Gasteiger partial charge in [-0.05, 0) is 50.7 Å². The molecule has 4 nitrogen and oxygen atoms in total. The Labute approximate surface area is 128 Å². The van der Waals surface area contributed by atoms with E-state index in [2.05, 4.69) is 10.0 Å². The van der Waals surface area contributed by atoms with Crippen LogP contribution >= 0.6 is 11.3 Å². The van der Waals surface area contributed by atoms with Crippen LogP contribution in [-0.4, -0.2) is 22.0 Å². The average Bonchev–Trinajstić information content (AvgIpc) is 2.90. The highest BCUT2D eigenvalue weighted by Gasteiger charge is 2.19. The molecule has 0 saturated heterocycles. The first-order valence-electron chi connectivity index (χ1n) is 6.45. The first kappa shape index (κ1) is 15.9. The van der Waals surface area contributed by atoms with E-state index >= 15 is 0 Å². The summed E-state index contributed by atoms with van der Waals surface area (Å²) in [5, 5.41) is 3.01. The Morgan fingerprint density at radius 2 is 2.00 bits per heavy atom. The highest BCUT2D eigenvalue weighted by Crippen LogP contribution is 2.27. The molecule has 0 aliphatic rings. The van der Waals surface area contributed by atoms with Crippen molar-refractivity contribution in [2.45, 2.75) is 17.6 Å². The quantitative estimate of drug-likeness (QED) is 0.857. The van der Waals surface area contributed by atoms with Gasteiger partial charge in [0.05, 0.1) is 5.69 Å². The molecule has 0 radical (unpaired) electrons. The summed E-state index contributed by atoms with van der Waals surface area (Å²) >= 11 is 1.20. The second-order valence-electron chi connectivity index (χ2n) is 4.61. The van der Waals surface area contributed by atoms with E-state index in [0.717, 1.165) is 17.8 Å². The summed E-state index contributed by atoms with van der Waals surface area (Å²) in [6.45, 7) is 2.44. The van der Waals surface area contributed by atoms with Gasteiger partial charge in [0, 0.05) is 4.88 Å². The predicted octanol–water partition coefficient (Wildman–Crippen LogP) is 2.76. The van der Waals surface area contributed by atoms with E-state index in [4.69, 9.17) is 0 Å². The number of sulfonamides is 1. The highest BCUT2D eigenvalue weighted by atomic mass is 32.2. The highest BCUT2D eigenvalue weighted by molar-refractivity contribution is 7.94. The van der Waals surface area contributed by atoms with Crippen LogP contribution in [-0.2, 0) is 16.4 Å². The molecule has 114 valence electrons. The van der Waals surface area contributed by atoms with Crippen molar-refractivity contribution >= 4 is 27.0 Å². The number of nitrogens with one attached hydrogen (secondary N) is 2. The second-order valence-corrected chi connectivity index (χ2v) is 7.69. The zero-order valence-electron chi connectivity index (χ0n) is 11.8. The number of aryl methyl sites for hydroxylation is 1. The van der Waals surface area contributed by atoms with Crippen LogP contribution in [0.25, 0.3) is 0 Å². The third-order valence-electron chi connectivity index (χ3n) is 2.98. The number of hydrogen-bond donors (Lipinski definition) is 2. The predicted molar refractivity (Wildman–Crippen MR) is 83.9 cm³/mol. The minimum Gasteiger partial charge on any atom is -0.319 e. The molecule has 1 aromatic heterocycles. The van der Waals surface area contributed by atoms with E-state index in [1.54, 1.807) is 31.2 Å². The SMILES string of the molecule is CNCCc1ccc(S(=O)(=O)Nc2c(C)cccc2F)s1. The van der Waals surface area contributed by atoms with Gasteiger partial charge in [0.1, 0.15) is 10.0 Å². The number of benzene rings is 1. The Morgan fingerprint density at radius 3 is 2.67 bits per heavy atom. The Balaban J connectivity index is 2.24. The molecule has 1 heterocycles. The fraction of sp³-hybridized carbons (Fsp3) is 0.286. The van der Waals surface area contributed by atoms with Crippen LogP contribution in [0.15, 0.2) is 34.5 Å². The van der Waals surface area contributed by atoms with Crippen molar-refractivity contribution in [1.29, 1.82) is 0 Å². The van der Waals surface area contributed by atoms with Crippen molar-refractivity contribution < 1.29 is 12.8 Å². The van der Waals surface area contributed by atoms with Gasteiger partial charge in [-0.3, -0.25) is 4.72 Å². The minimum atomic E-state index is -3.75. The van der Waals surface area contributed by atoms with Crippen molar-refractivity contribution in [3.8, 4) is 0 Å². The molecule has 0 aliphatic heterocycles. The largest absolute Gasteiger partial charge is 0.319 e. The van der Waals surface area contributed by atoms with Crippen LogP contribution in [0.3, 0.4) is 0 Å². The first-order chi connectivity index (χ1) is 9.94. The van der Waals surface area contributed by atoms with Gasteiger partial charge in [-0.25, -0.2) is 12.8 Å². The Bertz CT molecular complexity index is 706. The van der Waals surface area contributed by atoms with Crippen molar-refractivity contribution in [1.82, 2.24) is 5.32 Å². The van der Waals surface area contributed by atoms with Gasteiger partial charge >= 0.3 is 0 Å². The Hall–Kier alpha value is -1.44. The second kappa shape index (κ2) is 6.55. The molecule has 0 fully saturated rings. The van der Waals surface area contributed by atoms with Crippen LogP contribution in [0.5, 0.6) is 0 Å². The number of halogens is 1. The van der Waals surface area contributed by atoms with Crippen molar-refractivity contribution in [2.75, 3.05) is 18.3 Å². The lowest BCUT2D eigenvalue weighted by molar-refractivity contribution is 0.600. The van der Waals surface area contributed by atoms with Crippen LogP contribution in [0.2, 0.25) is 0 Å². The first-order valence-corrected chi connectivity index (χ1v) is 8.75. The molecule has 1 aromatic carbocycles. The number of hydrogen-bond acceptors (Lipinski definition) is 4. The fourth-order valence-corrected chi connectivity index (χ4v) is 4.33. The normalized spacial score (nSPS) is 11.6. The van der Waals surface area contributed by atoms with Crippen molar-refractivity contribution in [2.24, 2.45) is 0 Å². The molecular weight excluding hydrogens is 311 g/mol. The number of para-hydroxylation sites is 1. The monoisotopic (exact) mass is 328 g/mol. The molecule has 2 N–H and O–H groups in total. The van der Waals surface area contributed by atoms with Gasteiger partial charge in [-0.15, -0.1) is 11.3 Å². The number of thiophene rings is 1. The van der Waals surface area contributed by atoms with Gasteiger partial charge in [0.2, 0.25) is 0 Å². The lowest BCUT2D eigenvalue weighted by atomic mass is 10.2. The van der Waals surface area contributed by atoms with Gasteiger partial charge < -0.3 is 5.32 Å².